The zero-order chi connectivity index (χ0) is 12.3. The smallest absolute Gasteiger partial charge is 0.172 e. The van der Waals surface area contributed by atoms with Gasteiger partial charge in [0.05, 0.1) is 7.11 Å². The molecule has 2 rings (SSSR count). The summed E-state index contributed by atoms with van der Waals surface area (Å²) in [6.07, 6.45) is 0.717. The summed E-state index contributed by atoms with van der Waals surface area (Å²) in [6, 6.07) is 11.7. The molecule has 0 saturated heterocycles. The van der Waals surface area contributed by atoms with Crippen molar-refractivity contribution in [2.24, 2.45) is 0 Å². The molecule has 0 saturated carbocycles. The fourth-order valence-corrected chi connectivity index (χ4v) is 1.72. The number of carbonyl (C=O) groups excluding carboxylic acids is 1. The quantitative estimate of drug-likeness (QED) is 0.756. The van der Waals surface area contributed by atoms with Crippen molar-refractivity contribution in [1.82, 2.24) is 0 Å². The van der Waals surface area contributed by atoms with Gasteiger partial charge < -0.3 is 4.74 Å². The Labute approximate surface area is 98.7 Å². The number of aldehydes is 1. The molecular weight excluding hydrogens is 219 g/mol. The van der Waals surface area contributed by atoms with Gasteiger partial charge in [-0.25, -0.2) is 4.39 Å². The molecule has 0 spiro atoms. The van der Waals surface area contributed by atoms with Crippen molar-refractivity contribution in [2.75, 3.05) is 7.11 Å². The minimum atomic E-state index is -0.454. The molecule has 0 bridgehead atoms. The SMILES string of the molecule is COc1cccc(-c2ccccc2C=O)c1F. The second-order valence-electron chi connectivity index (χ2n) is 3.53. The van der Waals surface area contributed by atoms with Gasteiger partial charge in [-0.2, -0.15) is 0 Å². The number of methoxy groups -OCH3 is 1. The van der Waals surface area contributed by atoms with Gasteiger partial charge in [-0.15, -0.1) is 0 Å². The molecular formula is C14H11FO2. The van der Waals surface area contributed by atoms with E-state index in [1.54, 1.807) is 42.5 Å². The molecule has 2 nitrogen and oxygen atoms in total. The fraction of sp³-hybridized carbons (Fsp3) is 0.0714. The first-order valence-corrected chi connectivity index (χ1v) is 5.15. The Morgan fingerprint density at radius 1 is 1.06 bits per heavy atom. The van der Waals surface area contributed by atoms with Crippen molar-refractivity contribution >= 4 is 6.29 Å². The van der Waals surface area contributed by atoms with Crippen molar-refractivity contribution in [3.63, 3.8) is 0 Å². The molecule has 0 N–H and O–H groups in total. The Hall–Kier alpha value is -2.16. The summed E-state index contributed by atoms with van der Waals surface area (Å²) < 4.78 is 19.0. The summed E-state index contributed by atoms with van der Waals surface area (Å²) in [6.45, 7) is 0. The van der Waals surface area contributed by atoms with Crippen molar-refractivity contribution in [3.8, 4) is 16.9 Å². The highest BCUT2D eigenvalue weighted by Crippen LogP contribution is 2.30. The lowest BCUT2D eigenvalue weighted by Crippen LogP contribution is -1.93. The van der Waals surface area contributed by atoms with E-state index in [-0.39, 0.29) is 5.75 Å². The van der Waals surface area contributed by atoms with E-state index in [1.807, 2.05) is 0 Å². The Bertz CT molecular complexity index is 550. The number of ether oxygens (including phenoxy) is 1. The van der Waals surface area contributed by atoms with Crippen LogP contribution in [0.2, 0.25) is 0 Å². The van der Waals surface area contributed by atoms with Crippen LogP contribution < -0.4 is 4.74 Å². The van der Waals surface area contributed by atoms with Gasteiger partial charge in [0, 0.05) is 11.1 Å². The van der Waals surface area contributed by atoms with Crippen LogP contribution in [0, 0.1) is 5.82 Å². The van der Waals surface area contributed by atoms with Crippen molar-refractivity contribution in [1.29, 1.82) is 0 Å². The van der Waals surface area contributed by atoms with Gasteiger partial charge in [-0.3, -0.25) is 4.79 Å². The number of hydrogen-bond donors (Lipinski definition) is 0. The van der Waals surface area contributed by atoms with Crippen LogP contribution in [0.5, 0.6) is 5.75 Å². The topological polar surface area (TPSA) is 26.3 Å². The predicted molar refractivity (Wildman–Crippen MR) is 63.8 cm³/mol. The van der Waals surface area contributed by atoms with Gasteiger partial charge in [0.1, 0.15) is 0 Å². The first-order valence-electron chi connectivity index (χ1n) is 5.15. The van der Waals surface area contributed by atoms with Crippen LogP contribution >= 0.6 is 0 Å². The molecule has 0 aliphatic carbocycles. The van der Waals surface area contributed by atoms with Crippen molar-refractivity contribution < 1.29 is 13.9 Å². The molecule has 86 valence electrons. The van der Waals surface area contributed by atoms with E-state index in [4.69, 9.17) is 4.74 Å². The summed E-state index contributed by atoms with van der Waals surface area (Å²) in [7, 11) is 1.41. The number of carbonyl (C=O) groups is 1. The molecule has 3 heteroatoms. The maximum atomic E-state index is 14.0. The molecule has 2 aromatic rings. The molecule has 0 radical (unpaired) electrons. The number of benzene rings is 2. The second-order valence-corrected chi connectivity index (χ2v) is 3.53. The number of hydrogen-bond acceptors (Lipinski definition) is 2. The molecule has 0 unspecified atom stereocenters. The predicted octanol–water partition coefficient (Wildman–Crippen LogP) is 3.31. The lowest BCUT2D eigenvalue weighted by molar-refractivity contribution is 0.112. The largest absolute Gasteiger partial charge is 0.494 e. The Kier molecular flexibility index (Phi) is 3.19. The van der Waals surface area contributed by atoms with E-state index >= 15 is 0 Å². The average molecular weight is 230 g/mol. The summed E-state index contributed by atoms with van der Waals surface area (Å²) in [5.41, 5.74) is 1.39. The molecule has 0 atom stereocenters. The molecule has 0 aromatic heterocycles. The molecule has 2 aromatic carbocycles. The van der Waals surface area contributed by atoms with Crippen LogP contribution in [0.3, 0.4) is 0 Å². The number of rotatable bonds is 3. The third kappa shape index (κ3) is 2.04. The van der Waals surface area contributed by atoms with Crippen molar-refractivity contribution in [2.45, 2.75) is 0 Å². The third-order valence-corrected chi connectivity index (χ3v) is 2.56. The van der Waals surface area contributed by atoms with Crippen LogP contribution in [0.1, 0.15) is 10.4 Å². The zero-order valence-corrected chi connectivity index (χ0v) is 9.31. The molecule has 0 aliphatic heterocycles. The molecule has 17 heavy (non-hydrogen) atoms. The minimum Gasteiger partial charge on any atom is -0.494 e. The van der Waals surface area contributed by atoms with E-state index in [0.717, 1.165) is 0 Å². The molecule has 0 fully saturated rings. The monoisotopic (exact) mass is 230 g/mol. The maximum Gasteiger partial charge on any atom is 0.172 e. The van der Waals surface area contributed by atoms with E-state index in [1.165, 1.54) is 7.11 Å². The normalized spacial score (nSPS) is 10.0. The van der Waals surface area contributed by atoms with Crippen LogP contribution in [0.4, 0.5) is 4.39 Å². The van der Waals surface area contributed by atoms with Gasteiger partial charge in [0.2, 0.25) is 0 Å². The van der Waals surface area contributed by atoms with Crippen LogP contribution in [-0.2, 0) is 0 Å². The van der Waals surface area contributed by atoms with E-state index < -0.39 is 5.82 Å². The molecule has 0 heterocycles. The molecule has 0 aliphatic rings. The standard InChI is InChI=1S/C14H11FO2/c1-17-13-8-4-7-12(14(13)15)11-6-3-2-5-10(11)9-16/h2-9H,1H3. The lowest BCUT2D eigenvalue weighted by atomic mass is 10.00. The Balaban J connectivity index is 2.64. The third-order valence-electron chi connectivity index (χ3n) is 2.56. The maximum absolute atomic E-state index is 14.0. The van der Waals surface area contributed by atoms with E-state index in [2.05, 4.69) is 0 Å². The highest BCUT2D eigenvalue weighted by molar-refractivity contribution is 5.87. The summed E-state index contributed by atoms with van der Waals surface area (Å²) in [5.74, 6) is -0.285. The Morgan fingerprint density at radius 2 is 1.76 bits per heavy atom. The first-order chi connectivity index (χ1) is 8.27. The van der Waals surface area contributed by atoms with Gasteiger partial charge in [0.25, 0.3) is 0 Å². The van der Waals surface area contributed by atoms with Gasteiger partial charge in [0.15, 0.2) is 17.9 Å². The molecule has 0 amide bonds. The van der Waals surface area contributed by atoms with E-state index in [9.17, 15) is 9.18 Å². The minimum absolute atomic E-state index is 0.170. The highest BCUT2D eigenvalue weighted by atomic mass is 19.1. The van der Waals surface area contributed by atoms with E-state index in [0.29, 0.717) is 23.0 Å². The summed E-state index contributed by atoms with van der Waals surface area (Å²) in [4.78, 5) is 10.9. The average Bonchev–Trinajstić information content (AvgIpc) is 2.39. The summed E-state index contributed by atoms with van der Waals surface area (Å²) >= 11 is 0. The number of halogens is 1. The van der Waals surface area contributed by atoms with Gasteiger partial charge in [-0.1, -0.05) is 36.4 Å². The first kappa shape index (κ1) is 11.3. The Morgan fingerprint density at radius 3 is 2.47 bits per heavy atom. The van der Waals surface area contributed by atoms with Crippen molar-refractivity contribution in [3.05, 3.63) is 53.8 Å². The fourth-order valence-electron chi connectivity index (χ4n) is 1.72. The van der Waals surface area contributed by atoms with Gasteiger partial charge >= 0.3 is 0 Å². The lowest BCUT2D eigenvalue weighted by Gasteiger charge is -2.09. The second kappa shape index (κ2) is 4.78. The summed E-state index contributed by atoms with van der Waals surface area (Å²) in [5, 5.41) is 0. The highest BCUT2D eigenvalue weighted by Gasteiger charge is 2.12. The zero-order valence-electron chi connectivity index (χ0n) is 9.31. The van der Waals surface area contributed by atoms with Crippen LogP contribution in [-0.4, -0.2) is 13.4 Å². The van der Waals surface area contributed by atoms with Crippen LogP contribution in [0.25, 0.3) is 11.1 Å². The van der Waals surface area contributed by atoms with Crippen LogP contribution in [0.15, 0.2) is 42.5 Å². The van der Waals surface area contributed by atoms with Gasteiger partial charge in [-0.05, 0) is 11.6 Å².